The van der Waals surface area contributed by atoms with Gasteiger partial charge in [0, 0.05) is 0 Å². The SMILES string of the molecule is NC(=O)Cc1ccc2c(c1)OC(F)(F)O2. The van der Waals surface area contributed by atoms with Crippen LogP contribution in [-0.4, -0.2) is 12.2 Å². The van der Waals surface area contributed by atoms with Gasteiger partial charge in [-0.05, 0) is 17.7 Å². The molecule has 0 saturated carbocycles. The van der Waals surface area contributed by atoms with Crippen LogP contribution in [0.5, 0.6) is 11.5 Å². The first-order chi connectivity index (χ1) is 6.96. The summed E-state index contributed by atoms with van der Waals surface area (Å²) >= 11 is 0. The zero-order chi connectivity index (χ0) is 11.1. The molecule has 0 saturated heterocycles. The van der Waals surface area contributed by atoms with Gasteiger partial charge in [0.1, 0.15) is 0 Å². The van der Waals surface area contributed by atoms with Gasteiger partial charge >= 0.3 is 6.29 Å². The number of halogens is 2. The van der Waals surface area contributed by atoms with Gasteiger partial charge in [0.15, 0.2) is 11.5 Å². The van der Waals surface area contributed by atoms with E-state index < -0.39 is 12.2 Å². The van der Waals surface area contributed by atoms with Crippen molar-refractivity contribution in [3.63, 3.8) is 0 Å². The summed E-state index contributed by atoms with van der Waals surface area (Å²) in [6.45, 7) is 0. The second kappa shape index (κ2) is 3.08. The lowest BCUT2D eigenvalue weighted by molar-refractivity contribution is -0.286. The molecule has 1 aliphatic rings. The number of ether oxygens (including phenoxy) is 2. The van der Waals surface area contributed by atoms with Gasteiger partial charge < -0.3 is 15.2 Å². The van der Waals surface area contributed by atoms with E-state index in [1.807, 2.05) is 0 Å². The van der Waals surface area contributed by atoms with Crippen molar-refractivity contribution in [1.29, 1.82) is 0 Å². The van der Waals surface area contributed by atoms with Crippen molar-refractivity contribution in [2.24, 2.45) is 5.73 Å². The molecule has 2 rings (SSSR count). The predicted octanol–water partition coefficient (Wildman–Crippen LogP) is 1.04. The Morgan fingerprint density at radius 3 is 2.67 bits per heavy atom. The van der Waals surface area contributed by atoms with Crippen molar-refractivity contribution < 1.29 is 23.0 Å². The van der Waals surface area contributed by atoms with E-state index in [1.54, 1.807) is 0 Å². The monoisotopic (exact) mass is 215 g/mol. The number of hydrogen-bond donors (Lipinski definition) is 1. The summed E-state index contributed by atoms with van der Waals surface area (Å²) in [7, 11) is 0. The fourth-order valence-electron chi connectivity index (χ4n) is 1.30. The highest BCUT2D eigenvalue weighted by atomic mass is 19.3. The van der Waals surface area contributed by atoms with Crippen LogP contribution in [0.4, 0.5) is 8.78 Å². The Balaban J connectivity index is 2.26. The van der Waals surface area contributed by atoms with Crippen molar-refractivity contribution in [3.8, 4) is 11.5 Å². The molecule has 80 valence electrons. The van der Waals surface area contributed by atoms with Crippen LogP contribution in [0.1, 0.15) is 5.56 Å². The molecule has 1 aromatic rings. The molecular formula is C9H7F2NO3. The van der Waals surface area contributed by atoms with E-state index >= 15 is 0 Å². The van der Waals surface area contributed by atoms with Gasteiger partial charge in [0.2, 0.25) is 5.91 Å². The molecule has 0 atom stereocenters. The van der Waals surface area contributed by atoms with E-state index in [0.717, 1.165) is 0 Å². The molecule has 6 heteroatoms. The minimum Gasteiger partial charge on any atom is -0.395 e. The molecule has 0 spiro atoms. The van der Waals surface area contributed by atoms with Crippen LogP contribution in [0.25, 0.3) is 0 Å². The molecular weight excluding hydrogens is 208 g/mol. The summed E-state index contributed by atoms with van der Waals surface area (Å²) in [5.41, 5.74) is 5.47. The highest BCUT2D eigenvalue weighted by Crippen LogP contribution is 2.41. The largest absolute Gasteiger partial charge is 0.586 e. The Morgan fingerprint density at radius 1 is 1.33 bits per heavy atom. The fourth-order valence-corrected chi connectivity index (χ4v) is 1.30. The molecule has 0 radical (unpaired) electrons. The maximum atomic E-state index is 12.6. The molecule has 1 heterocycles. The Bertz CT molecular complexity index is 420. The highest BCUT2D eigenvalue weighted by molar-refractivity contribution is 5.76. The first kappa shape index (κ1) is 9.70. The highest BCUT2D eigenvalue weighted by Gasteiger charge is 2.43. The minimum atomic E-state index is -3.63. The number of carbonyl (C=O) groups excluding carboxylic acids is 1. The second-order valence-electron chi connectivity index (χ2n) is 3.09. The number of amides is 1. The lowest BCUT2D eigenvalue weighted by Gasteiger charge is -2.04. The van der Waals surface area contributed by atoms with Gasteiger partial charge in [-0.3, -0.25) is 4.79 Å². The average molecular weight is 215 g/mol. The molecule has 1 aromatic carbocycles. The Kier molecular flexibility index (Phi) is 1.99. The van der Waals surface area contributed by atoms with Crippen LogP contribution >= 0.6 is 0 Å². The Morgan fingerprint density at radius 2 is 2.00 bits per heavy atom. The van der Waals surface area contributed by atoms with Gasteiger partial charge in [-0.25, -0.2) is 0 Å². The van der Waals surface area contributed by atoms with E-state index in [2.05, 4.69) is 9.47 Å². The smallest absolute Gasteiger partial charge is 0.395 e. The first-order valence-corrected chi connectivity index (χ1v) is 4.13. The normalized spacial score (nSPS) is 16.4. The molecule has 1 aliphatic heterocycles. The standard InChI is InChI=1S/C9H7F2NO3/c10-9(11)14-6-2-1-5(4-8(12)13)3-7(6)15-9/h1-3H,4H2,(H2,12,13). The van der Waals surface area contributed by atoms with Gasteiger partial charge in [0.25, 0.3) is 0 Å². The van der Waals surface area contributed by atoms with E-state index in [9.17, 15) is 13.6 Å². The van der Waals surface area contributed by atoms with Crippen LogP contribution in [0.3, 0.4) is 0 Å². The van der Waals surface area contributed by atoms with Crippen molar-refractivity contribution >= 4 is 5.91 Å². The van der Waals surface area contributed by atoms with Crippen molar-refractivity contribution in [2.45, 2.75) is 12.7 Å². The van der Waals surface area contributed by atoms with Crippen LogP contribution < -0.4 is 15.2 Å². The maximum absolute atomic E-state index is 12.6. The maximum Gasteiger partial charge on any atom is 0.586 e. The molecule has 0 aromatic heterocycles. The van der Waals surface area contributed by atoms with E-state index in [-0.39, 0.29) is 17.9 Å². The van der Waals surface area contributed by atoms with Crippen molar-refractivity contribution in [3.05, 3.63) is 23.8 Å². The summed E-state index contributed by atoms with van der Waals surface area (Å²) in [6, 6.07) is 4.10. The lowest BCUT2D eigenvalue weighted by Crippen LogP contribution is -2.25. The Hall–Kier alpha value is -1.85. The average Bonchev–Trinajstić information content (AvgIpc) is 2.36. The summed E-state index contributed by atoms with van der Waals surface area (Å²) < 4.78 is 33.6. The molecule has 0 fully saturated rings. The number of benzene rings is 1. The molecule has 1 amide bonds. The molecule has 0 aliphatic carbocycles. The van der Waals surface area contributed by atoms with Gasteiger partial charge in [-0.15, -0.1) is 8.78 Å². The van der Waals surface area contributed by atoms with Crippen molar-refractivity contribution in [1.82, 2.24) is 0 Å². The van der Waals surface area contributed by atoms with Crippen LogP contribution in [-0.2, 0) is 11.2 Å². The number of rotatable bonds is 2. The lowest BCUT2D eigenvalue weighted by atomic mass is 10.1. The van der Waals surface area contributed by atoms with Crippen LogP contribution in [0.2, 0.25) is 0 Å². The number of hydrogen-bond acceptors (Lipinski definition) is 3. The molecule has 0 bridgehead atoms. The minimum absolute atomic E-state index is 0.0256. The Labute approximate surface area is 83.6 Å². The van der Waals surface area contributed by atoms with Gasteiger partial charge in [0.05, 0.1) is 6.42 Å². The second-order valence-corrected chi connectivity index (χ2v) is 3.09. The summed E-state index contributed by atoms with van der Waals surface area (Å²) in [4.78, 5) is 10.6. The summed E-state index contributed by atoms with van der Waals surface area (Å²) in [5.74, 6) is -0.674. The topological polar surface area (TPSA) is 61.6 Å². The summed E-state index contributed by atoms with van der Waals surface area (Å²) in [6.07, 6.45) is -3.66. The summed E-state index contributed by atoms with van der Waals surface area (Å²) in [5, 5.41) is 0. The zero-order valence-corrected chi connectivity index (χ0v) is 7.50. The third kappa shape index (κ3) is 1.98. The van der Waals surface area contributed by atoms with Crippen LogP contribution in [0.15, 0.2) is 18.2 Å². The molecule has 0 unspecified atom stereocenters. The van der Waals surface area contributed by atoms with Gasteiger partial charge in [-0.2, -0.15) is 0 Å². The molecule has 15 heavy (non-hydrogen) atoms. The zero-order valence-electron chi connectivity index (χ0n) is 7.50. The number of primary amides is 1. The number of nitrogens with two attached hydrogens (primary N) is 1. The first-order valence-electron chi connectivity index (χ1n) is 4.13. The van der Waals surface area contributed by atoms with Crippen LogP contribution in [0, 0.1) is 0 Å². The quantitative estimate of drug-likeness (QED) is 0.801. The predicted molar refractivity (Wildman–Crippen MR) is 45.5 cm³/mol. The van der Waals surface area contributed by atoms with E-state index in [4.69, 9.17) is 5.73 Å². The third-order valence-electron chi connectivity index (χ3n) is 1.84. The van der Waals surface area contributed by atoms with Crippen molar-refractivity contribution in [2.75, 3.05) is 0 Å². The number of fused-ring (bicyclic) bond motifs is 1. The van der Waals surface area contributed by atoms with E-state index in [0.29, 0.717) is 5.56 Å². The third-order valence-corrected chi connectivity index (χ3v) is 1.84. The molecule has 4 nitrogen and oxygen atoms in total. The van der Waals surface area contributed by atoms with E-state index in [1.165, 1.54) is 18.2 Å². The molecule has 2 N–H and O–H groups in total. The number of alkyl halides is 2. The fraction of sp³-hybridized carbons (Fsp3) is 0.222. The van der Waals surface area contributed by atoms with Gasteiger partial charge in [-0.1, -0.05) is 6.07 Å². The number of carbonyl (C=O) groups is 1.